The van der Waals surface area contributed by atoms with Crippen LogP contribution in [-0.2, 0) is 4.79 Å². The van der Waals surface area contributed by atoms with Gasteiger partial charge < -0.3 is 5.32 Å². The molecule has 106 valence electrons. The van der Waals surface area contributed by atoms with Gasteiger partial charge in [0.2, 0.25) is 5.91 Å². The summed E-state index contributed by atoms with van der Waals surface area (Å²) in [6, 6.07) is 0. The molecule has 4 saturated carbocycles. The van der Waals surface area contributed by atoms with E-state index < -0.39 is 0 Å². The van der Waals surface area contributed by atoms with Crippen molar-refractivity contribution in [2.24, 2.45) is 29.1 Å². The van der Waals surface area contributed by atoms with Gasteiger partial charge >= 0.3 is 0 Å². The van der Waals surface area contributed by atoms with E-state index in [0.29, 0.717) is 5.91 Å². The summed E-state index contributed by atoms with van der Waals surface area (Å²) in [4.78, 5) is 12.7. The molecule has 0 radical (unpaired) electrons. The van der Waals surface area contributed by atoms with Gasteiger partial charge in [-0.25, -0.2) is 0 Å². The molecule has 5 fully saturated rings. The van der Waals surface area contributed by atoms with E-state index in [4.69, 9.17) is 0 Å². The van der Waals surface area contributed by atoms with Crippen LogP contribution in [0, 0.1) is 29.1 Å². The monoisotopic (exact) mass is 279 g/mol. The zero-order chi connectivity index (χ0) is 12.9. The molecule has 4 bridgehead atoms. The molecule has 19 heavy (non-hydrogen) atoms. The van der Waals surface area contributed by atoms with Crippen LogP contribution in [0.25, 0.3) is 0 Å². The number of hydrogen-bond donors (Lipinski definition) is 1. The van der Waals surface area contributed by atoms with Crippen molar-refractivity contribution in [2.75, 3.05) is 18.1 Å². The Balaban J connectivity index is 1.41. The lowest BCUT2D eigenvalue weighted by Crippen LogP contribution is -2.54. The molecule has 1 amide bonds. The van der Waals surface area contributed by atoms with Crippen molar-refractivity contribution in [3.05, 3.63) is 0 Å². The van der Waals surface area contributed by atoms with Gasteiger partial charge in [-0.1, -0.05) is 0 Å². The summed E-state index contributed by atoms with van der Waals surface area (Å²) < 4.78 is 0. The number of rotatable bonds is 3. The Kier molecular flexibility index (Phi) is 3.09. The van der Waals surface area contributed by atoms with Crippen LogP contribution in [0.3, 0.4) is 0 Å². The summed E-state index contributed by atoms with van der Waals surface area (Å²) in [7, 11) is 0. The standard InChI is InChI=1S/C16H25NOS/c18-15(17-9-11-1-2-19-10-11)16-6-12-3-13(7-16)5-14(4-12)8-16/h11-14H,1-10H2,(H,17,18). The summed E-state index contributed by atoms with van der Waals surface area (Å²) in [6.45, 7) is 0.938. The second-order valence-electron chi connectivity index (χ2n) is 7.64. The third-order valence-electron chi connectivity index (χ3n) is 6.10. The summed E-state index contributed by atoms with van der Waals surface area (Å²) in [6.07, 6.45) is 9.16. The van der Waals surface area contributed by atoms with Crippen molar-refractivity contribution < 1.29 is 4.79 Å². The Morgan fingerprint density at radius 1 is 1.11 bits per heavy atom. The molecule has 4 aliphatic carbocycles. The lowest BCUT2D eigenvalue weighted by molar-refractivity contribution is -0.146. The van der Waals surface area contributed by atoms with E-state index in [1.54, 1.807) is 0 Å². The first-order chi connectivity index (χ1) is 9.23. The van der Waals surface area contributed by atoms with Crippen molar-refractivity contribution in [2.45, 2.75) is 44.9 Å². The number of nitrogens with one attached hydrogen (secondary N) is 1. The molecule has 1 heterocycles. The Hall–Kier alpha value is -0.180. The van der Waals surface area contributed by atoms with E-state index >= 15 is 0 Å². The van der Waals surface area contributed by atoms with Crippen LogP contribution in [0.15, 0.2) is 0 Å². The topological polar surface area (TPSA) is 29.1 Å². The molecule has 0 aromatic carbocycles. The van der Waals surface area contributed by atoms with Gasteiger partial charge in [-0.15, -0.1) is 0 Å². The van der Waals surface area contributed by atoms with Gasteiger partial charge in [0, 0.05) is 12.0 Å². The molecular formula is C16H25NOS. The van der Waals surface area contributed by atoms with Crippen LogP contribution in [0.1, 0.15) is 44.9 Å². The molecule has 1 atom stereocenters. The van der Waals surface area contributed by atoms with Crippen LogP contribution in [0.4, 0.5) is 0 Å². The van der Waals surface area contributed by atoms with Gasteiger partial charge in [0.1, 0.15) is 0 Å². The van der Waals surface area contributed by atoms with E-state index in [0.717, 1.165) is 30.2 Å². The van der Waals surface area contributed by atoms with Crippen LogP contribution in [0.2, 0.25) is 0 Å². The Morgan fingerprint density at radius 3 is 2.26 bits per heavy atom. The van der Waals surface area contributed by atoms with Crippen molar-refractivity contribution in [1.82, 2.24) is 5.32 Å². The molecule has 1 saturated heterocycles. The fourth-order valence-corrected chi connectivity index (χ4v) is 6.84. The minimum Gasteiger partial charge on any atom is -0.355 e. The van der Waals surface area contributed by atoms with Crippen LogP contribution >= 0.6 is 11.8 Å². The smallest absolute Gasteiger partial charge is 0.226 e. The quantitative estimate of drug-likeness (QED) is 0.860. The average molecular weight is 279 g/mol. The normalized spacial score (nSPS) is 47.6. The van der Waals surface area contributed by atoms with Crippen molar-refractivity contribution in [3.8, 4) is 0 Å². The first-order valence-electron chi connectivity index (χ1n) is 8.09. The molecule has 2 nitrogen and oxygen atoms in total. The maximum Gasteiger partial charge on any atom is 0.226 e. The summed E-state index contributed by atoms with van der Waals surface area (Å²) in [5.41, 5.74) is 0.0560. The molecule has 1 aliphatic heterocycles. The number of carbonyl (C=O) groups excluding carboxylic acids is 1. The highest BCUT2D eigenvalue weighted by Gasteiger charge is 2.54. The van der Waals surface area contributed by atoms with Gasteiger partial charge in [-0.05, 0) is 80.1 Å². The van der Waals surface area contributed by atoms with Gasteiger partial charge in [0.05, 0.1) is 0 Å². The van der Waals surface area contributed by atoms with E-state index in [9.17, 15) is 4.79 Å². The minimum atomic E-state index is 0.0560. The summed E-state index contributed by atoms with van der Waals surface area (Å²) in [5, 5.41) is 3.33. The number of hydrogen-bond acceptors (Lipinski definition) is 2. The zero-order valence-electron chi connectivity index (χ0n) is 11.7. The highest BCUT2D eigenvalue weighted by molar-refractivity contribution is 7.99. The highest BCUT2D eigenvalue weighted by Crippen LogP contribution is 2.60. The fourth-order valence-electron chi connectivity index (χ4n) is 5.56. The fraction of sp³-hybridized carbons (Fsp3) is 0.938. The van der Waals surface area contributed by atoms with Crippen LogP contribution in [0.5, 0.6) is 0 Å². The Bertz CT molecular complexity index is 340. The van der Waals surface area contributed by atoms with Crippen molar-refractivity contribution in [3.63, 3.8) is 0 Å². The minimum absolute atomic E-state index is 0.0560. The maximum absolute atomic E-state index is 12.7. The third kappa shape index (κ3) is 2.22. The molecular weight excluding hydrogens is 254 g/mol. The van der Waals surface area contributed by atoms with E-state index in [1.165, 1.54) is 56.5 Å². The lowest BCUT2D eigenvalue weighted by atomic mass is 9.49. The van der Waals surface area contributed by atoms with Gasteiger partial charge in [-0.2, -0.15) is 11.8 Å². The van der Waals surface area contributed by atoms with Crippen molar-refractivity contribution in [1.29, 1.82) is 0 Å². The largest absolute Gasteiger partial charge is 0.355 e. The molecule has 0 aromatic rings. The molecule has 1 unspecified atom stereocenters. The Labute approximate surface area is 120 Å². The SMILES string of the molecule is O=C(NCC1CCSC1)C12CC3CC(CC(C3)C1)C2. The zero-order valence-corrected chi connectivity index (χ0v) is 12.5. The van der Waals surface area contributed by atoms with Crippen LogP contribution < -0.4 is 5.32 Å². The van der Waals surface area contributed by atoms with Crippen LogP contribution in [-0.4, -0.2) is 24.0 Å². The molecule has 0 spiro atoms. The average Bonchev–Trinajstić information content (AvgIpc) is 2.87. The van der Waals surface area contributed by atoms with E-state index in [1.807, 2.05) is 11.8 Å². The predicted octanol–water partition coefficient (Wildman–Crippen LogP) is 3.07. The lowest BCUT2D eigenvalue weighted by Gasteiger charge is -2.55. The second kappa shape index (κ2) is 4.68. The molecule has 5 rings (SSSR count). The number of amides is 1. The molecule has 1 N–H and O–H groups in total. The second-order valence-corrected chi connectivity index (χ2v) is 8.79. The third-order valence-corrected chi connectivity index (χ3v) is 7.33. The first-order valence-corrected chi connectivity index (χ1v) is 9.25. The van der Waals surface area contributed by atoms with Gasteiger partial charge in [-0.3, -0.25) is 4.79 Å². The van der Waals surface area contributed by atoms with E-state index in [-0.39, 0.29) is 5.41 Å². The number of thioether (sulfide) groups is 1. The van der Waals surface area contributed by atoms with Gasteiger partial charge in [0.25, 0.3) is 0 Å². The summed E-state index contributed by atoms with van der Waals surface area (Å²) >= 11 is 2.04. The Morgan fingerprint density at radius 2 is 1.74 bits per heavy atom. The van der Waals surface area contributed by atoms with Gasteiger partial charge in [0.15, 0.2) is 0 Å². The molecule has 5 aliphatic rings. The molecule has 3 heteroatoms. The van der Waals surface area contributed by atoms with E-state index in [2.05, 4.69) is 5.32 Å². The molecule has 0 aromatic heterocycles. The first kappa shape index (κ1) is 12.6. The highest BCUT2D eigenvalue weighted by atomic mass is 32.2. The maximum atomic E-state index is 12.7. The number of carbonyl (C=O) groups is 1. The summed E-state index contributed by atoms with van der Waals surface area (Å²) in [5.74, 6) is 6.32. The van der Waals surface area contributed by atoms with Crippen molar-refractivity contribution >= 4 is 17.7 Å². The predicted molar refractivity (Wildman–Crippen MR) is 79.0 cm³/mol.